The molecule has 3 rings (SSSR count). The zero-order valence-corrected chi connectivity index (χ0v) is 10.2. The molecule has 1 fully saturated rings. The number of aromatic amines is 1. The standard InChI is InChI=1S/C14H17N3O/c18-14(8-11-6-7-11,9-13-10-15-17-16-13)12-4-2-1-3-5-12/h1-5,10-11,18H,6-9H2,(H,15,16,17). The Hall–Kier alpha value is -1.68. The molecular formula is C14H17N3O. The van der Waals surface area contributed by atoms with E-state index < -0.39 is 5.60 Å². The Morgan fingerprint density at radius 2 is 2.06 bits per heavy atom. The molecule has 0 spiro atoms. The molecule has 1 aromatic heterocycles. The number of aromatic nitrogens is 3. The topological polar surface area (TPSA) is 61.8 Å². The first-order chi connectivity index (χ1) is 8.76. The highest BCUT2D eigenvalue weighted by Crippen LogP contribution is 2.42. The zero-order valence-electron chi connectivity index (χ0n) is 10.2. The Kier molecular flexibility index (Phi) is 2.88. The Morgan fingerprint density at radius 3 is 2.67 bits per heavy atom. The number of hydrogen-bond donors (Lipinski definition) is 2. The largest absolute Gasteiger partial charge is 0.385 e. The fraction of sp³-hybridized carbons (Fsp3) is 0.429. The Balaban J connectivity index is 1.87. The summed E-state index contributed by atoms with van der Waals surface area (Å²) in [6, 6.07) is 9.88. The molecule has 0 amide bonds. The van der Waals surface area contributed by atoms with Crippen LogP contribution in [-0.4, -0.2) is 20.5 Å². The first-order valence-electron chi connectivity index (χ1n) is 6.39. The first kappa shape index (κ1) is 11.4. The molecule has 1 aliphatic rings. The third-order valence-corrected chi connectivity index (χ3v) is 3.57. The maximum atomic E-state index is 11.0. The third-order valence-electron chi connectivity index (χ3n) is 3.57. The predicted molar refractivity (Wildman–Crippen MR) is 67.8 cm³/mol. The minimum atomic E-state index is -0.820. The van der Waals surface area contributed by atoms with Gasteiger partial charge in [0.2, 0.25) is 0 Å². The average molecular weight is 243 g/mol. The predicted octanol–water partition coefficient (Wildman–Crippen LogP) is 2.04. The lowest BCUT2D eigenvalue weighted by molar-refractivity contribution is 0.0210. The molecule has 0 bridgehead atoms. The summed E-state index contributed by atoms with van der Waals surface area (Å²) >= 11 is 0. The molecule has 1 saturated carbocycles. The van der Waals surface area contributed by atoms with Crippen molar-refractivity contribution in [2.24, 2.45) is 5.92 Å². The number of aliphatic hydroxyl groups is 1. The van der Waals surface area contributed by atoms with Gasteiger partial charge in [0.05, 0.1) is 17.5 Å². The monoisotopic (exact) mass is 243 g/mol. The Morgan fingerprint density at radius 1 is 1.28 bits per heavy atom. The van der Waals surface area contributed by atoms with Crippen molar-refractivity contribution in [3.63, 3.8) is 0 Å². The van der Waals surface area contributed by atoms with Crippen molar-refractivity contribution in [3.05, 3.63) is 47.8 Å². The van der Waals surface area contributed by atoms with Gasteiger partial charge in [0, 0.05) is 6.42 Å². The molecular weight excluding hydrogens is 226 g/mol. The minimum Gasteiger partial charge on any atom is -0.385 e. The van der Waals surface area contributed by atoms with Crippen LogP contribution in [-0.2, 0) is 12.0 Å². The van der Waals surface area contributed by atoms with Gasteiger partial charge in [-0.25, -0.2) is 0 Å². The van der Waals surface area contributed by atoms with E-state index in [1.54, 1.807) is 6.20 Å². The second-order valence-corrected chi connectivity index (χ2v) is 5.18. The van der Waals surface area contributed by atoms with E-state index in [4.69, 9.17) is 0 Å². The molecule has 1 unspecified atom stereocenters. The van der Waals surface area contributed by atoms with Crippen molar-refractivity contribution in [2.75, 3.05) is 0 Å². The van der Waals surface area contributed by atoms with E-state index in [1.807, 2.05) is 30.3 Å². The highest BCUT2D eigenvalue weighted by molar-refractivity contribution is 5.24. The summed E-state index contributed by atoms with van der Waals surface area (Å²) in [6.45, 7) is 0. The number of H-pyrrole nitrogens is 1. The maximum absolute atomic E-state index is 11.0. The van der Waals surface area contributed by atoms with Crippen molar-refractivity contribution < 1.29 is 5.11 Å². The van der Waals surface area contributed by atoms with E-state index >= 15 is 0 Å². The number of hydrogen-bond acceptors (Lipinski definition) is 3. The summed E-state index contributed by atoms with van der Waals surface area (Å²) in [5.41, 5.74) is 0.959. The molecule has 0 saturated heterocycles. The molecule has 0 aliphatic heterocycles. The lowest BCUT2D eigenvalue weighted by atomic mass is 9.84. The molecule has 4 heteroatoms. The summed E-state index contributed by atoms with van der Waals surface area (Å²) < 4.78 is 0. The summed E-state index contributed by atoms with van der Waals surface area (Å²) in [6.07, 6.45) is 5.47. The van der Waals surface area contributed by atoms with Crippen molar-refractivity contribution in [1.82, 2.24) is 15.4 Å². The first-order valence-corrected chi connectivity index (χ1v) is 6.39. The van der Waals surface area contributed by atoms with E-state index in [2.05, 4.69) is 15.4 Å². The number of nitrogens with one attached hydrogen (secondary N) is 1. The van der Waals surface area contributed by atoms with Crippen LogP contribution in [0.5, 0.6) is 0 Å². The average Bonchev–Trinajstić information content (AvgIpc) is 3.04. The minimum absolute atomic E-state index is 0.518. The van der Waals surface area contributed by atoms with Gasteiger partial charge in [0.15, 0.2) is 0 Å². The highest BCUT2D eigenvalue weighted by atomic mass is 16.3. The van der Waals surface area contributed by atoms with Crippen LogP contribution in [0.1, 0.15) is 30.5 Å². The van der Waals surface area contributed by atoms with Crippen LogP contribution in [0, 0.1) is 5.92 Å². The SMILES string of the molecule is OC(Cc1cn[nH]n1)(CC1CC1)c1ccccc1. The molecule has 4 nitrogen and oxygen atoms in total. The molecule has 1 aromatic carbocycles. The lowest BCUT2D eigenvalue weighted by Crippen LogP contribution is -2.29. The van der Waals surface area contributed by atoms with E-state index in [0.29, 0.717) is 12.3 Å². The Bertz CT molecular complexity index is 493. The molecule has 1 atom stereocenters. The van der Waals surface area contributed by atoms with Gasteiger partial charge in [-0.05, 0) is 17.9 Å². The van der Waals surface area contributed by atoms with E-state index in [9.17, 15) is 5.11 Å². The van der Waals surface area contributed by atoms with Crippen LogP contribution < -0.4 is 0 Å². The van der Waals surface area contributed by atoms with Crippen LogP contribution in [0.15, 0.2) is 36.5 Å². The molecule has 18 heavy (non-hydrogen) atoms. The van der Waals surface area contributed by atoms with E-state index in [-0.39, 0.29) is 0 Å². The highest BCUT2D eigenvalue weighted by Gasteiger charge is 2.37. The van der Waals surface area contributed by atoms with Gasteiger partial charge in [-0.2, -0.15) is 15.4 Å². The summed E-state index contributed by atoms with van der Waals surface area (Å²) in [4.78, 5) is 0. The van der Waals surface area contributed by atoms with Crippen LogP contribution in [0.25, 0.3) is 0 Å². The molecule has 94 valence electrons. The normalized spacial score (nSPS) is 18.5. The van der Waals surface area contributed by atoms with Gasteiger partial charge in [-0.3, -0.25) is 0 Å². The number of rotatable bonds is 5. The molecule has 1 aliphatic carbocycles. The second-order valence-electron chi connectivity index (χ2n) is 5.18. The fourth-order valence-electron chi connectivity index (χ4n) is 2.45. The summed E-state index contributed by atoms with van der Waals surface area (Å²) in [5.74, 6) is 0.655. The smallest absolute Gasteiger partial charge is 0.0955 e. The van der Waals surface area contributed by atoms with Crippen molar-refractivity contribution >= 4 is 0 Å². The van der Waals surface area contributed by atoms with Gasteiger partial charge in [-0.1, -0.05) is 43.2 Å². The second kappa shape index (κ2) is 4.53. The van der Waals surface area contributed by atoms with Crippen LogP contribution in [0.2, 0.25) is 0 Å². The zero-order chi connectivity index (χ0) is 12.4. The van der Waals surface area contributed by atoms with Crippen LogP contribution >= 0.6 is 0 Å². The molecule has 2 N–H and O–H groups in total. The fourth-order valence-corrected chi connectivity index (χ4v) is 2.45. The van der Waals surface area contributed by atoms with E-state index in [1.165, 1.54) is 12.8 Å². The third kappa shape index (κ3) is 2.43. The van der Waals surface area contributed by atoms with E-state index in [0.717, 1.165) is 17.7 Å². The molecule has 0 radical (unpaired) electrons. The van der Waals surface area contributed by atoms with Crippen LogP contribution in [0.4, 0.5) is 0 Å². The van der Waals surface area contributed by atoms with Gasteiger partial charge >= 0.3 is 0 Å². The summed E-state index contributed by atoms with van der Waals surface area (Å²) in [5, 5.41) is 21.5. The maximum Gasteiger partial charge on any atom is 0.0955 e. The van der Waals surface area contributed by atoms with Gasteiger partial charge in [0.25, 0.3) is 0 Å². The van der Waals surface area contributed by atoms with Gasteiger partial charge in [-0.15, -0.1) is 0 Å². The summed E-state index contributed by atoms with van der Waals surface area (Å²) in [7, 11) is 0. The van der Waals surface area contributed by atoms with Gasteiger partial charge in [0.1, 0.15) is 0 Å². The molecule has 2 aromatic rings. The number of nitrogens with zero attached hydrogens (tertiary/aromatic N) is 2. The van der Waals surface area contributed by atoms with Crippen molar-refractivity contribution in [3.8, 4) is 0 Å². The van der Waals surface area contributed by atoms with Crippen molar-refractivity contribution in [1.29, 1.82) is 0 Å². The van der Waals surface area contributed by atoms with Gasteiger partial charge < -0.3 is 5.11 Å². The quantitative estimate of drug-likeness (QED) is 0.844. The molecule has 1 heterocycles. The number of benzene rings is 1. The lowest BCUT2D eigenvalue weighted by Gasteiger charge is -2.28. The van der Waals surface area contributed by atoms with Crippen LogP contribution in [0.3, 0.4) is 0 Å². The Labute approximate surface area is 106 Å². The van der Waals surface area contributed by atoms with Crippen molar-refractivity contribution in [2.45, 2.75) is 31.3 Å².